The van der Waals surface area contributed by atoms with Crippen molar-refractivity contribution in [2.45, 2.75) is 23.9 Å². The Morgan fingerprint density at radius 1 is 1.03 bits per heavy atom. The zero-order chi connectivity index (χ0) is 25.7. The van der Waals surface area contributed by atoms with Crippen molar-refractivity contribution in [2.24, 2.45) is 0 Å². The molecule has 0 N–H and O–H groups in total. The SMILES string of the molecule is Cc1nnc(S[C@@H](C[N+](=O)[O-])c2ccc(OCc3cccc([N+](=O)[O-])c3)cc2)n1-c1ccc(Cl)cc1. The molecule has 3 aromatic carbocycles. The van der Waals surface area contributed by atoms with Crippen LogP contribution in [0.4, 0.5) is 5.69 Å². The molecule has 0 radical (unpaired) electrons. The van der Waals surface area contributed by atoms with E-state index in [1.807, 2.05) is 23.6 Å². The van der Waals surface area contributed by atoms with E-state index in [0.29, 0.717) is 27.3 Å². The molecule has 0 fully saturated rings. The number of nitro groups is 2. The van der Waals surface area contributed by atoms with Gasteiger partial charge < -0.3 is 4.74 Å². The molecule has 0 amide bonds. The zero-order valence-electron chi connectivity index (χ0n) is 19.0. The third kappa shape index (κ3) is 6.18. The van der Waals surface area contributed by atoms with Gasteiger partial charge in [-0.1, -0.05) is 47.6 Å². The summed E-state index contributed by atoms with van der Waals surface area (Å²) in [6, 6.07) is 20.4. The van der Waals surface area contributed by atoms with E-state index >= 15 is 0 Å². The average Bonchev–Trinajstić information content (AvgIpc) is 3.23. The van der Waals surface area contributed by atoms with Gasteiger partial charge in [-0.2, -0.15) is 0 Å². The minimum atomic E-state index is -0.527. The van der Waals surface area contributed by atoms with Gasteiger partial charge in [0.2, 0.25) is 6.54 Å². The Kier molecular flexibility index (Phi) is 7.81. The highest BCUT2D eigenvalue weighted by Gasteiger charge is 2.24. The van der Waals surface area contributed by atoms with Crippen molar-refractivity contribution in [3.63, 3.8) is 0 Å². The highest BCUT2D eigenvalue weighted by Crippen LogP contribution is 2.36. The molecule has 1 atom stereocenters. The molecule has 0 aliphatic heterocycles. The van der Waals surface area contributed by atoms with Gasteiger partial charge in [0.25, 0.3) is 5.69 Å². The monoisotopic (exact) mass is 525 g/mol. The third-order valence-electron chi connectivity index (χ3n) is 5.22. The fourth-order valence-corrected chi connectivity index (χ4v) is 4.79. The normalized spacial score (nSPS) is 11.7. The number of aryl methyl sites for hydroxylation is 1. The average molecular weight is 526 g/mol. The molecule has 0 unspecified atom stereocenters. The molecule has 10 nitrogen and oxygen atoms in total. The van der Waals surface area contributed by atoms with Crippen LogP contribution < -0.4 is 4.74 Å². The number of thioether (sulfide) groups is 1. The summed E-state index contributed by atoms with van der Waals surface area (Å²) < 4.78 is 7.57. The van der Waals surface area contributed by atoms with Crippen molar-refractivity contribution in [1.29, 1.82) is 0 Å². The van der Waals surface area contributed by atoms with Gasteiger partial charge in [0, 0.05) is 27.8 Å². The second-order valence-electron chi connectivity index (χ2n) is 7.75. The number of hydrogen-bond acceptors (Lipinski definition) is 8. The fraction of sp³-hybridized carbons (Fsp3) is 0.167. The second-order valence-corrected chi connectivity index (χ2v) is 9.35. The first kappa shape index (κ1) is 25.1. The van der Waals surface area contributed by atoms with Crippen LogP contribution in [0.5, 0.6) is 5.75 Å². The predicted molar refractivity (Wildman–Crippen MR) is 135 cm³/mol. The summed E-state index contributed by atoms with van der Waals surface area (Å²) >= 11 is 7.25. The lowest BCUT2D eigenvalue weighted by Crippen LogP contribution is -2.11. The van der Waals surface area contributed by atoms with E-state index in [-0.39, 0.29) is 23.8 Å². The van der Waals surface area contributed by atoms with Crippen molar-refractivity contribution in [1.82, 2.24) is 14.8 Å². The van der Waals surface area contributed by atoms with Gasteiger partial charge >= 0.3 is 0 Å². The van der Waals surface area contributed by atoms with Crippen LogP contribution in [0.15, 0.2) is 78.0 Å². The highest BCUT2D eigenvalue weighted by atomic mass is 35.5. The molecule has 0 aliphatic rings. The van der Waals surface area contributed by atoms with Crippen molar-refractivity contribution in [3.05, 3.63) is 115 Å². The minimum Gasteiger partial charge on any atom is -0.489 e. The lowest BCUT2D eigenvalue weighted by Gasteiger charge is -2.15. The fourth-order valence-electron chi connectivity index (χ4n) is 3.49. The Morgan fingerprint density at radius 3 is 2.42 bits per heavy atom. The number of non-ortho nitro benzene ring substituents is 1. The summed E-state index contributed by atoms with van der Waals surface area (Å²) in [5.41, 5.74) is 2.18. The topological polar surface area (TPSA) is 126 Å². The van der Waals surface area contributed by atoms with E-state index in [9.17, 15) is 20.2 Å². The van der Waals surface area contributed by atoms with Crippen LogP contribution in [-0.2, 0) is 6.61 Å². The van der Waals surface area contributed by atoms with Crippen LogP contribution in [0, 0.1) is 27.2 Å². The Labute approximate surface area is 215 Å². The number of nitrogens with zero attached hydrogens (tertiary/aromatic N) is 5. The van der Waals surface area contributed by atoms with Gasteiger partial charge in [-0.3, -0.25) is 24.8 Å². The molecule has 12 heteroatoms. The molecule has 4 aromatic rings. The van der Waals surface area contributed by atoms with Crippen molar-refractivity contribution < 1.29 is 14.6 Å². The number of rotatable bonds is 10. The van der Waals surface area contributed by atoms with Crippen LogP contribution in [0.1, 0.15) is 22.2 Å². The lowest BCUT2D eigenvalue weighted by atomic mass is 10.1. The van der Waals surface area contributed by atoms with Crippen LogP contribution in [-0.4, -0.2) is 31.2 Å². The molecule has 0 bridgehead atoms. The van der Waals surface area contributed by atoms with E-state index in [1.165, 1.54) is 23.9 Å². The molecule has 1 aromatic heterocycles. The van der Waals surface area contributed by atoms with Crippen molar-refractivity contribution in [3.8, 4) is 11.4 Å². The number of aromatic nitrogens is 3. The molecule has 0 saturated carbocycles. The second kappa shape index (κ2) is 11.2. The predicted octanol–water partition coefficient (Wildman–Crippen LogP) is 5.83. The van der Waals surface area contributed by atoms with E-state index in [1.54, 1.807) is 48.5 Å². The van der Waals surface area contributed by atoms with E-state index < -0.39 is 10.2 Å². The molecule has 0 aliphatic carbocycles. The Bertz CT molecular complexity index is 1380. The molecular formula is C24H20ClN5O5S. The maximum Gasteiger partial charge on any atom is 0.269 e. The summed E-state index contributed by atoms with van der Waals surface area (Å²) in [6.07, 6.45) is 0. The maximum absolute atomic E-state index is 11.4. The summed E-state index contributed by atoms with van der Waals surface area (Å²) in [5, 5.41) is 31.4. The van der Waals surface area contributed by atoms with Gasteiger partial charge in [0.15, 0.2) is 5.16 Å². The van der Waals surface area contributed by atoms with Gasteiger partial charge in [0.05, 0.1) is 4.92 Å². The van der Waals surface area contributed by atoms with Crippen LogP contribution in [0.25, 0.3) is 5.69 Å². The van der Waals surface area contributed by atoms with Gasteiger partial charge in [-0.05, 0) is 54.4 Å². The smallest absolute Gasteiger partial charge is 0.269 e. The van der Waals surface area contributed by atoms with E-state index in [0.717, 1.165) is 11.3 Å². The lowest BCUT2D eigenvalue weighted by molar-refractivity contribution is -0.479. The van der Waals surface area contributed by atoms with Crippen LogP contribution in [0.3, 0.4) is 0 Å². The number of ether oxygens (including phenoxy) is 1. The molecule has 36 heavy (non-hydrogen) atoms. The number of nitro benzene ring substituents is 1. The standard InChI is InChI=1S/C24H20ClN5O5S/c1-16-26-27-24(29(16)20-9-7-19(25)8-10-20)36-23(14-28(31)32)18-5-11-22(12-6-18)35-15-17-3-2-4-21(13-17)30(33)34/h2-13,23H,14-15H2,1H3/t23-/m0/s1. The summed E-state index contributed by atoms with van der Waals surface area (Å²) in [4.78, 5) is 21.6. The summed E-state index contributed by atoms with van der Waals surface area (Å²) in [5.74, 6) is 1.18. The molecule has 1 heterocycles. The first-order chi connectivity index (χ1) is 17.3. The molecule has 0 saturated heterocycles. The van der Waals surface area contributed by atoms with Gasteiger partial charge in [-0.15, -0.1) is 10.2 Å². The number of benzene rings is 3. The quantitative estimate of drug-likeness (QED) is 0.144. The summed E-state index contributed by atoms with van der Waals surface area (Å²) in [7, 11) is 0. The van der Waals surface area contributed by atoms with Crippen molar-refractivity contribution >= 4 is 29.1 Å². The van der Waals surface area contributed by atoms with Crippen LogP contribution in [0.2, 0.25) is 5.02 Å². The first-order valence-corrected chi connectivity index (χ1v) is 12.0. The maximum atomic E-state index is 11.4. The van der Waals surface area contributed by atoms with Crippen LogP contribution >= 0.6 is 23.4 Å². The highest BCUT2D eigenvalue weighted by molar-refractivity contribution is 7.99. The molecule has 184 valence electrons. The molecular weight excluding hydrogens is 506 g/mol. The number of halogens is 1. The third-order valence-corrected chi connectivity index (χ3v) is 6.65. The van der Waals surface area contributed by atoms with E-state index in [4.69, 9.17) is 16.3 Å². The Balaban J connectivity index is 1.51. The van der Waals surface area contributed by atoms with E-state index in [2.05, 4.69) is 10.2 Å². The zero-order valence-corrected chi connectivity index (χ0v) is 20.6. The van der Waals surface area contributed by atoms with Crippen molar-refractivity contribution in [2.75, 3.05) is 6.54 Å². The largest absolute Gasteiger partial charge is 0.489 e. The molecule has 0 spiro atoms. The summed E-state index contributed by atoms with van der Waals surface area (Å²) in [6.45, 7) is 1.64. The Morgan fingerprint density at radius 2 is 1.75 bits per heavy atom. The minimum absolute atomic E-state index is 0.00668. The Hall–Kier alpha value is -3.96. The number of hydrogen-bond donors (Lipinski definition) is 0. The van der Waals surface area contributed by atoms with Gasteiger partial charge in [-0.25, -0.2) is 0 Å². The first-order valence-electron chi connectivity index (χ1n) is 10.7. The van der Waals surface area contributed by atoms with Gasteiger partial charge in [0.1, 0.15) is 23.4 Å². The molecule has 4 rings (SSSR count).